The third-order valence-electron chi connectivity index (χ3n) is 3.63. The molecule has 0 atom stereocenters. The molecule has 2 aromatic rings. The van der Waals surface area contributed by atoms with Gasteiger partial charge in [-0.25, -0.2) is 4.98 Å². The highest BCUT2D eigenvalue weighted by atomic mass is 32.1. The maximum absolute atomic E-state index is 11.9. The Bertz CT molecular complexity index is 721. The SMILES string of the molecule is CN=C(NCCc1csc(C)n1)NCc1ccc(C(=O)N(C)C)cc1. The van der Waals surface area contributed by atoms with Gasteiger partial charge in [0.15, 0.2) is 5.96 Å². The van der Waals surface area contributed by atoms with Crippen molar-refractivity contribution in [3.8, 4) is 0 Å². The fourth-order valence-electron chi connectivity index (χ4n) is 2.26. The van der Waals surface area contributed by atoms with Crippen LogP contribution in [0.1, 0.15) is 26.6 Å². The van der Waals surface area contributed by atoms with Crippen molar-refractivity contribution in [1.82, 2.24) is 20.5 Å². The normalized spacial score (nSPS) is 11.3. The summed E-state index contributed by atoms with van der Waals surface area (Å²) >= 11 is 1.67. The number of aromatic nitrogens is 1. The number of carbonyl (C=O) groups excluding carboxylic acids is 1. The van der Waals surface area contributed by atoms with Crippen LogP contribution >= 0.6 is 11.3 Å². The van der Waals surface area contributed by atoms with Crippen LogP contribution in [0.4, 0.5) is 0 Å². The van der Waals surface area contributed by atoms with E-state index in [1.54, 1.807) is 37.4 Å². The minimum absolute atomic E-state index is 0.00858. The van der Waals surface area contributed by atoms with Crippen molar-refractivity contribution in [2.24, 2.45) is 4.99 Å². The maximum Gasteiger partial charge on any atom is 0.253 e. The number of guanidine groups is 1. The second-order valence-electron chi connectivity index (χ2n) is 5.86. The number of hydrogen-bond donors (Lipinski definition) is 2. The van der Waals surface area contributed by atoms with Gasteiger partial charge in [-0.2, -0.15) is 0 Å². The highest BCUT2D eigenvalue weighted by Crippen LogP contribution is 2.08. The summed E-state index contributed by atoms with van der Waals surface area (Å²) in [7, 11) is 5.25. The van der Waals surface area contributed by atoms with Crippen molar-refractivity contribution < 1.29 is 4.79 Å². The van der Waals surface area contributed by atoms with Crippen LogP contribution in [-0.4, -0.2) is 49.4 Å². The maximum atomic E-state index is 11.9. The molecule has 134 valence electrons. The van der Waals surface area contributed by atoms with E-state index < -0.39 is 0 Å². The van der Waals surface area contributed by atoms with E-state index in [2.05, 4.69) is 26.0 Å². The van der Waals surface area contributed by atoms with Crippen LogP contribution in [-0.2, 0) is 13.0 Å². The van der Waals surface area contributed by atoms with Gasteiger partial charge in [0.05, 0.1) is 10.7 Å². The van der Waals surface area contributed by atoms with E-state index in [1.807, 2.05) is 31.2 Å². The molecule has 2 rings (SSSR count). The molecule has 1 amide bonds. The zero-order chi connectivity index (χ0) is 18.2. The summed E-state index contributed by atoms with van der Waals surface area (Å²) in [6.07, 6.45) is 0.867. The molecule has 0 aliphatic heterocycles. The van der Waals surface area contributed by atoms with Gasteiger partial charge >= 0.3 is 0 Å². The van der Waals surface area contributed by atoms with Crippen molar-refractivity contribution >= 4 is 23.2 Å². The first-order chi connectivity index (χ1) is 12.0. The summed E-state index contributed by atoms with van der Waals surface area (Å²) in [4.78, 5) is 22.1. The number of hydrogen-bond acceptors (Lipinski definition) is 4. The summed E-state index contributed by atoms with van der Waals surface area (Å²) in [6, 6.07) is 7.60. The molecule has 0 bridgehead atoms. The van der Waals surface area contributed by atoms with Crippen LogP contribution in [0.2, 0.25) is 0 Å². The van der Waals surface area contributed by atoms with E-state index >= 15 is 0 Å². The second kappa shape index (κ2) is 9.17. The Balaban J connectivity index is 1.79. The zero-order valence-corrected chi connectivity index (χ0v) is 16.0. The predicted octanol–water partition coefficient (Wildman–Crippen LogP) is 2.06. The number of amides is 1. The number of benzene rings is 1. The van der Waals surface area contributed by atoms with Gasteiger partial charge in [0.2, 0.25) is 0 Å². The van der Waals surface area contributed by atoms with Gasteiger partial charge < -0.3 is 15.5 Å². The average Bonchev–Trinajstić information content (AvgIpc) is 3.03. The van der Waals surface area contributed by atoms with E-state index in [1.165, 1.54) is 0 Å². The number of carbonyl (C=O) groups is 1. The number of aliphatic imine (C=N–C) groups is 1. The standard InChI is InChI=1S/C18H25N5OS/c1-13-22-16(12-25-13)9-10-20-18(19-2)21-11-14-5-7-15(8-6-14)17(24)23(3)4/h5-8,12H,9-11H2,1-4H3,(H2,19,20,21). The molecule has 0 spiro atoms. The molecule has 0 unspecified atom stereocenters. The lowest BCUT2D eigenvalue weighted by Crippen LogP contribution is -2.37. The van der Waals surface area contributed by atoms with Crippen molar-refractivity contribution in [2.75, 3.05) is 27.7 Å². The molecule has 1 aromatic heterocycles. The van der Waals surface area contributed by atoms with Crippen molar-refractivity contribution in [2.45, 2.75) is 19.9 Å². The largest absolute Gasteiger partial charge is 0.356 e. The first-order valence-corrected chi connectivity index (χ1v) is 9.03. The van der Waals surface area contributed by atoms with Crippen LogP contribution < -0.4 is 10.6 Å². The quantitative estimate of drug-likeness (QED) is 0.612. The molecule has 0 fully saturated rings. The van der Waals surface area contributed by atoms with E-state index in [4.69, 9.17) is 0 Å². The molecule has 0 aliphatic carbocycles. The van der Waals surface area contributed by atoms with Crippen LogP contribution in [0.25, 0.3) is 0 Å². The molecule has 6 nitrogen and oxygen atoms in total. The minimum Gasteiger partial charge on any atom is -0.356 e. The molecular formula is C18H25N5OS. The van der Waals surface area contributed by atoms with E-state index in [0.29, 0.717) is 12.1 Å². The first kappa shape index (κ1) is 18.9. The Kier molecular flexibility index (Phi) is 6.94. The molecule has 1 heterocycles. The lowest BCUT2D eigenvalue weighted by atomic mass is 10.1. The van der Waals surface area contributed by atoms with E-state index in [9.17, 15) is 4.79 Å². The summed E-state index contributed by atoms with van der Waals surface area (Å²) in [5, 5.41) is 9.74. The highest BCUT2D eigenvalue weighted by Gasteiger charge is 2.07. The Morgan fingerprint density at radius 1 is 1.24 bits per heavy atom. The summed E-state index contributed by atoms with van der Waals surface area (Å²) in [5.41, 5.74) is 2.88. The van der Waals surface area contributed by atoms with E-state index in [-0.39, 0.29) is 5.91 Å². The average molecular weight is 359 g/mol. The highest BCUT2D eigenvalue weighted by molar-refractivity contribution is 7.09. The number of nitrogens with zero attached hydrogens (tertiary/aromatic N) is 3. The summed E-state index contributed by atoms with van der Waals surface area (Å²) in [6.45, 7) is 3.44. The predicted molar refractivity (Wildman–Crippen MR) is 103 cm³/mol. The van der Waals surface area contributed by atoms with Crippen LogP contribution in [0.5, 0.6) is 0 Å². The van der Waals surface area contributed by atoms with Gasteiger partial charge in [0.1, 0.15) is 0 Å². The van der Waals surface area contributed by atoms with Gasteiger partial charge in [-0.3, -0.25) is 9.79 Å². The Hall–Kier alpha value is -2.41. The van der Waals surface area contributed by atoms with Crippen LogP contribution in [0.3, 0.4) is 0 Å². The van der Waals surface area contributed by atoms with Gasteiger partial charge in [0.25, 0.3) is 5.91 Å². The number of rotatable bonds is 6. The topological polar surface area (TPSA) is 69.6 Å². The molecule has 25 heavy (non-hydrogen) atoms. The monoisotopic (exact) mass is 359 g/mol. The number of nitrogens with one attached hydrogen (secondary N) is 2. The van der Waals surface area contributed by atoms with Crippen molar-refractivity contribution in [3.05, 3.63) is 51.5 Å². The summed E-state index contributed by atoms with van der Waals surface area (Å²) < 4.78 is 0. The van der Waals surface area contributed by atoms with Crippen LogP contribution in [0, 0.1) is 6.92 Å². The first-order valence-electron chi connectivity index (χ1n) is 8.15. The van der Waals surface area contributed by atoms with Gasteiger partial charge in [-0.05, 0) is 24.6 Å². The Morgan fingerprint density at radius 3 is 2.52 bits per heavy atom. The molecule has 1 aromatic carbocycles. The Labute approximate surface area is 153 Å². The Morgan fingerprint density at radius 2 is 1.96 bits per heavy atom. The van der Waals surface area contributed by atoms with Gasteiger partial charge in [-0.15, -0.1) is 11.3 Å². The fourth-order valence-corrected chi connectivity index (χ4v) is 2.91. The van der Waals surface area contributed by atoms with Crippen molar-refractivity contribution in [1.29, 1.82) is 0 Å². The van der Waals surface area contributed by atoms with E-state index in [0.717, 1.165) is 35.2 Å². The molecule has 7 heteroatoms. The molecule has 0 saturated heterocycles. The molecule has 0 aliphatic rings. The van der Waals surface area contributed by atoms with Gasteiger partial charge in [0, 0.05) is 51.6 Å². The molecule has 0 radical (unpaired) electrons. The molecular weight excluding hydrogens is 334 g/mol. The van der Waals surface area contributed by atoms with Crippen molar-refractivity contribution in [3.63, 3.8) is 0 Å². The third-order valence-corrected chi connectivity index (χ3v) is 4.45. The summed E-state index contributed by atoms with van der Waals surface area (Å²) in [5.74, 6) is 0.759. The van der Waals surface area contributed by atoms with Gasteiger partial charge in [-0.1, -0.05) is 12.1 Å². The minimum atomic E-state index is 0.00858. The third kappa shape index (κ3) is 5.86. The van der Waals surface area contributed by atoms with Crippen LogP contribution in [0.15, 0.2) is 34.6 Å². The molecule has 0 saturated carbocycles. The zero-order valence-electron chi connectivity index (χ0n) is 15.2. The molecule has 2 N–H and O–H groups in total. The second-order valence-corrected chi connectivity index (χ2v) is 6.92. The number of thiazole rings is 1. The fraction of sp³-hybridized carbons (Fsp3) is 0.389. The number of aryl methyl sites for hydroxylation is 1. The lowest BCUT2D eigenvalue weighted by Gasteiger charge is -2.13. The smallest absolute Gasteiger partial charge is 0.253 e. The lowest BCUT2D eigenvalue weighted by molar-refractivity contribution is 0.0827.